The molecular weight excluding hydrogens is 494 g/mol. The maximum atomic E-state index is 12.7. The maximum Gasteiger partial charge on any atom is 0.323 e. The van der Waals surface area contributed by atoms with Crippen molar-refractivity contribution in [2.24, 2.45) is 22.9 Å². The number of hydrogen-bond acceptors (Lipinski definition) is 14. The van der Waals surface area contributed by atoms with Gasteiger partial charge in [0.25, 0.3) is 0 Å². The molecule has 1 saturated heterocycles. The number of nitrogens with one attached hydrogen (secondary N) is 1. The predicted molar refractivity (Wildman–Crippen MR) is 126 cm³/mol. The van der Waals surface area contributed by atoms with Crippen molar-refractivity contribution in [2.75, 3.05) is 13.1 Å². The summed E-state index contributed by atoms with van der Waals surface area (Å²) in [6, 6.07) is -3.18. The van der Waals surface area contributed by atoms with Crippen LogP contribution in [-0.2, 0) is 33.4 Å². The number of aliphatic hydroxyl groups is 3. The van der Waals surface area contributed by atoms with Gasteiger partial charge in [-0.25, -0.2) is 0 Å². The van der Waals surface area contributed by atoms with E-state index in [1.807, 2.05) is 0 Å². The van der Waals surface area contributed by atoms with Gasteiger partial charge < -0.3 is 57.8 Å². The van der Waals surface area contributed by atoms with E-state index in [0.717, 1.165) is 0 Å². The van der Waals surface area contributed by atoms with Crippen LogP contribution < -0.4 is 28.3 Å². The van der Waals surface area contributed by atoms with Crippen LogP contribution in [0, 0.1) is 0 Å². The minimum atomic E-state index is -1.94. The van der Waals surface area contributed by atoms with Gasteiger partial charge in [0.1, 0.15) is 36.4 Å². The monoisotopic (exact) mass is 533 g/mol. The lowest BCUT2D eigenvalue weighted by Crippen LogP contribution is -2.67. The van der Waals surface area contributed by atoms with Crippen LogP contribution in [0.1, 0.15) is 44.9 Å². The van der Waals surface area contributed by atoms with Crippen molar-refractivity contribution < 1.29 is 48.7 Å². The summed E-state index contributed by atoms with van der Waals surface area (Å²) in [5, 5.41) is 34.6. The molecule has 1 saturated carbocycles. The highest BCUT2D eigenvalue weighted by atomic mass is 16.6. The standard InChI is InChI=1S/C22H39N5O10/c23-8-2-1-4-10(24)20(32)35-17-15(30)14(29)16(31)18(36-22(34)12-5-3-9-27-12)19(17)37-21(33)11(25)6-7-13(26)28/h10-12,14-19,27,29-31H,1-9,23-25H2,(H2,26,28)/t10-,11-,12-,14+,15+,16-,17-,18+,19-/m0/s1. The van der Waals surface area contributed by atoms with E-state index in [0.29, 0.717) is 38.8 Å². The minimum Gasteiger partial charge on any atom is -0.454 e. The number of hydrogen-bond donors (Lipinski definition) is 8. The third-order valence-electron chi connectivity index (χ3n) is 6.40. The molecular formula is C22H39N5O10. The molecule has 212 valence electrons. The average Bonchev–Trinajstić information content (AvgIpc) is 3.40. The zero-order valence-electron chi connectivity index (χ0n) is 20.6. The highest BCUT2D eigenvalue weighted by Gasteiger charge is 2.56. The normalized spacial score (nSPS) is 31.2. The number of nitrogens with two attached hydrogens (primary N) is 4. The van der Waals surface area contributed by atoms with E-state index in [1.54, 1.807) is 0 Å². The van der Waals surface area contributed by atoms with Crippen molar-refractivity contribution in [3.8, 4) is 0 Å². The predicted octanol–water partition coefficient (Wildman–Crippen LogP) is -4.38. The highest BCUT2D eigenvalue weighted by Crippen LogP contribution is 2.30. The SMILES string of the molecule is NCCCC[C@H](N)C(=O)O[C@H]1[C@H](O)[C@@H](O)[C@H](O)[C@@H](OC(=O)[C@@H]2CCCN2)[C@H]1OC(=O)[C@@H](N)CCC(N)=O. The summed E-state index contributed by atoms with van der Waals surface area (Å²) in [6.07, 6.45) is -8.97. The summed E-state index contributed by atoms with van der Waals surface area (Å²) in [7, 11) is 0. The molecule has 1 aliphatic carbocycles. The van der Waals surface area contributed by atoms with Gasteiger partial charge in [-0.15, -0.1) is 0 Å². The summed E-state index contributed by atoms with van der Waals surface area (Å²) < 4.78 is 16.1. The zero-order chi connectivity index (χ0) is 27.7. The number of aliphatic hydroxyl groups excluding tert-OH is 3. The first-order chi connectivity index (χ1) is 17.5. The van der Waals surface area contributed by atoms with Crippen molar-refractivity contribution >= 4 is 23.8 Å². The zero-order valence-corrected chi connectivity index (χ0v) is 20.6. The lowest BCUT2D eigenvalue weighted by Gasteiger charge is -2.44. The Hall–Kier alpha value is -2.40. The van der Waals surface area contributed by atoms with Gasteiger partial charge in [0.15, 0.2) is 18.3 Å². The van der Waals surface area contributed by atoms with Crippen molar-refractivity contribution in [1.29, 1.82) is 0 Å². The molecule has 2 rings (SSSR count). The Morgan fingerprint density at radius 3 is 1.95 bits per heavy atom. The van der Waals surface area contributed by atoms with E-state index in [-0.39, 0.29) is 19.3 Å². The van der Waals surface area contributed by atoms with Crippen molar-refractivity contribution in [1.82, 2.24) is 5.32 Å². The summed E-state index contributed by atoms with van der Waals surface area (Å²) in [6.45, 7) is 0.952. The van der Waals surface area contributed by atoms with E-state index >= 15 is 0 Å². The largest absolute Gasteiger partial charge is 0.454 e. The Bertz CT molecular complexity index is 796. The maximum absolute atomic E-state index is 12.7. The number of amides is 1. The lowest BCUT2D eigenvalue weighted by atomic mass is 9.84. The van der Waals surface area contributed by atoms with E-state index in [4.69, 9.17) is 37.1 Å². The summed E-state index contributed by atoms with van der Waals surface area (Å²) >= 11 is 0. The average molecular weight is 534 g/mol. The molecule has 1 amide bonds. The van der Waals surface area contributed by atoms with Gasteiger partial charge in [-0.3, -0.25) is 19.2 Å². The van der Waals surface area contributed by atoms with Crippen LogP contribution in [0.5, 0.6) is 0 Å². The molecule has 0 aromatic heterocycles. The van der Waals surface area contributed by atoms with E-state index < -0.39 is 78.6 Å². The van der Waals surface area contributed by atoms with Crippen LogP contribution in [0.2, 0.25) is 0 Å². The second kappa shape index (κ2) is 14.5. The van der Waals surface area contributed by atoms with Crippen LogP contribution >= 0.6 is 0 Å². The molecule has 37 heavy (non-hydrogen) atoms. The van der Waals surface area contributed by atoms with Gasteiger partial charge in [0, 0.05) is 6.42 Å². The Labute approximate surface area is 214 Å². The summed E-state index contributed by atoms with van der Waals surface area (Å²) in [4.78, 5) is 49.1. The third kappa shape index (κ3) is 8.56. The molecule has 2 aliphatic rings. The number of ether oxygens (including phenoxy) is 3. The Morgan fingerprint density at radius 2 is 1.41 bits per heavy atom. The fourth-order valence-corrected chi connectivity index (χ4v) is 4.16. The van der Waals surface area contributed by atoms with Crippen LogP contribution in [0.3, 0.4) is 0 Å². The first kappa shape index (κ1) is 30.8. The number of unbranched alkanes of at least 4 members (excludes halogenated alkanes) is 1. The van der Waals surface area contributed by atoms with E-state index in [9.17, 15) is 34.5 Å². The molecule has 15 heteroatoms. The minimum absolute atomic E-state index is 0.179. The lowest BCUT2D eigenvalue weighted by molar-refractivity contribution is -0.249. The van der Waals surface area contributed by atoms with Crippen LogP contribution in [0.15, 0.2) is 0 Å². The van der Waals surface area contributed by atoms with Crippen molar-refractivity contribution in [3.05, 3.63) is 0 Å². The van der Waals surface area contributed by atoms with Crippen LogP contribution in [0.4, 0.5) is 0 Å². The second-order valence-corrected chi connectivity index (χ2v) is 9.33. The molecule has 0 aromatic carbocycles. The number of esters is 3. The molecule has 1 heterocycles. The molecule has 15 nitrogen and oxygen atoms in total. The molecule has 0 aromatic rings. The Morgan fingerprint density at radius 1 is 0.838 bits per heavy atom. The summed E-state index contributed by atoms with van der Waals surface area (Å²) in [5.74, 6) is -3.59. The molecule has 2 fully saturated rings. The molecule has 0 bridgehead atoms. The molecule has 12 N–H and O–H groups in total. The fraction of sp³-hybridized carbons (Fsp3) is 0.818. The number of primary amides is 1. The molecule has 1 aliphatic heterocycles. The third-order valence-corrected chi connectivity index (χ3v) is 6.40. The Kier molecular flexibility index (Phi) is 12.1. The second-order valence-electron chi connectivity index (χ2n) is 9.33. The van der Waals surface area contributed by atoms with Gasteiger partial charge in [-0.05, 0) is 45.2 Å². The number of carbonyl (C=O) groups is 4. The van der Waals surface area contributed by atoms with E-state index in [2.05, 4.69) is 5.32 Å². The molecule has 0 radical (unpaired) electrons. The topological polar surface area (TPSA) is 273 Å². The molecule has 0 spiro atoms. The quantitative estimate of drug-likeness (QED) is 0.0631. The first-order valence-electron chi connectivity index (χ1n) is 12.4. The van der Waals surface area contributed by atoms with Crippen molar-refractivity contribution in [3.63, 3.8) is 0 Å². The van der Waals surface area contributed by atoms with Gasteiger partial charge in [-0.2, -0.15) is 0 Å². The van der Waals surface area contributed by atoms with E-state index in [1.165, 1.54) is 0 Å². The van der Waals surface area contributed by atoms with Gasteiger partial charge in [-0.1, -0.05) is 6.42 Å². The fourth-order valence-electron chi connectivity index (χ4n) is 4.16. The molecule has 0 unspecified atom stereocenters. The highest BCUT2D eigenvalue weighted by molar-refractivity contribution is 5.79. The smallest absolute Gasteiger partial charge is 0.323 e. The van der Waals surface area contributed by atoms with Crippen molar-refractivity contribution in [2.45, 2.75) is 99.7 Å². The number of carbonyl (C=O) groups excluding carboxylic acids is 4. The van der Waals surface area contributed by atoms with Gasteiger partial charge in [0.2, 0.25) is 5.91 Å². The van der Waals surface area contributed by atoms with Crippen LogP contribution in [-0.4, -0.2) is 107 Å². The molecule has 9 atom stereocenters. The van der Waals surface area contributed by atoms with Crippen LogP contribution in [0.25, 0.3) is 0 Å². The Balaban J connectivity index is 2.28. The number of rotatable bonds is 13. The van der Waals surface area contributed by atoms with Gasteiger partial charge >= 0.3 is 17.9 Å². The first-order valence-corrected chi connectivity index (χ1v) is 12.4. The van der Waals surface area contributed by atoms with Gasteiger partial charge in [0.05, 0.1) is 0 Å². The summed E-state index contributed by atoms with van der Waals surface area (Å²) in [5.41, 5.74) is 22.2.